The smallest absolute Gasteiger partial charge is 0.305 e. The third-order valence-electron chi connectivity index (χ3n) is 3.89. The molecule has 0 saturated carbocycles. The Hall–Kier alpha value is -2.53. The minimum Gasteiger partial charge on any atom is -0.483 e. The molecule has 0 aliphatic heterocycles. The molecule has 5 nitrogen and oxygen atoms in total. The lowest BCUT2D eigenvalue weighted by Gasteiger charge is -2.19. The van der Waals surface area contributed by atoms with E-state index in [0.717, 1.165) is 5.56 Å². The minimum atomic E-state index is -1.00. The molecule has 2 aromatic rings. The van der Waals surface area contributed by atoms with Gasteiger partial charge in [-0.1, -0.05) is 55.8 Å². The fourth-order valence-electron chi connectivity index (χ4n) is 2.59. The monoisotopic (exact) mass is 375 g/mol. The van der Waals surface area contributed by atoms with Crippen molar-refractivity contribution in [3.8, 4) is 5.75 Å². The van der Waals surface area contributed by atoms with Crippen LogP contribution in [0.25, 0.3) is 0 Å². The van der Waals surface area contributed by atoms with E-state index in [0.29, 0.717) is 16.3 Å². The van der Waals surface area contributed by atoms with E-state index in [2.05, 4.69) is 5.32 Å². The maximum Gasteiger partial charge on any atom is 0.305 e. The SMILES string of the molecule is CC(C)c1ccccc1OCC(=O)NC(CC(=O)O)c1ccc(Cl)cc1. The summed E-state index contributed by atoms with van der Waals surface area (Å²) in [5.74, 6) is -0.469. The first-order valence-electron chi connectivity index (χ1n) is 8.35. The van der Waals surface area contributed by atoms with Crippen molar-refractivity contribution in [1.29, 1.82) is 0 Å². The van der Waals surface area contributed by atoms with Crippen LogP contribution >= 0.6 is 11.6 Å². The number of amides is 1. The quantitative estimate of drug-likeness (QED) is 0.725. The Bertz CT molecular complexity index is 759. The first-order chi connectivity index (χ1) is 12.4. The van der Waals surface area contributed by atoms with E-state index in [1.807, 2.05) is 38.1 Å². The Morgan fingerprint density at radius 1 is 1.12 bits per heavy atom. The molecule has 0 radical (unpaired) electrons. The second kappa shape index (κ2) is 9.25. The predicted molar refractivity (Wildman–Crippen MR) is 101 cm³/mol. The molecule has 0 aromatic heterocycles. The number of hydrogen-bond acceptors (Lipinski definition) is 3. The van der Waals surface area contributed by atoms with Crippen molar-refractivity contribution in [2.75, 3.05) is 6.61 Å². The molecule has 1 amide bonds. The number of carboxylic acids is 1. The van der Waals surface area contributed by atoms with E-state index in [1.165, 1.54) is 0 Å². The fraction of sp³-hybridized carbons (Fsp3) is 0.300. The van der Waals surface area contributed by atoms with Crippen LogP contribution in [0.2, 0.25) is 5.02 Å². The third kappa shape index (κ3) is 5.77. The van der Waals surface area contributed by atoms with Gasteiger partial charge >= 0.3 is 5.97 Å². The zero-order valence-electron chi connectivity index (χ0n) is 14.7. The predicted octanol–water partition coefficient (Wildman–Crippen LogP) is 4.17. The van der Waals surface area contributed by atoms with E-state index in [9.17, 15) is 9.59 Å². The zero-order valence-corrected chi connectivity index (χ0v) is 15.5. The lowest BCUT2D eigenvalue weighted by Crippen LogP contribution is -2.34. The van der Waals surface area contributed by atoms with Crippen molar-refractivity contribution in [2.45, 2.75) is 32.2 Å². The molecule has 0 aliphatic rings. The number of ether oxygens (including phenoxy) is 1. The van der Waals surface area contributed by atoms with Gasteiger partial charge in [-0.05, 0) is 35.2 Å². The average Bonchev–Trinajstić information content (AvgIpc) is 2.60. The summed E-state index contributed by atoms with van der Waals surface area (Å²) in [7, 11) is 0. The summed E-state index contributed by atoms with van der Waals surface area (Å²) in [6.45, 7) is 3.91. The number of halogens is 1. The highest BCUT2D eigenvalue weighted by atomic mass is 35.5. The summed E-state index contributed by atoms with van der Waals surface area (Å²) >= 11 is 5.86. The van der Waals surface area contributed by atoms with Gasteiger partial charge < -0.3 is 15.2 Å². The highest BCUT2D eigenvalue weighted by molar-refractivity contribution is 6.30. The summed E-state index contributed by atoms with van der Waals surface area (Å²) in [6.07, 6.45) is -0.226. The van der Waals surface area contributed by atoms with Crippen molar-refractivity contribution in [2.24, 2.45) is 0 Å². The Morgan fingerprint density at radius 3 is 2.38 bits per heavy atom. The zero-order chi connectivity index (χ0) is 19.1. The number of nitrogens with one attached hydrogen (secondary N) is 1. The van der Waals surface area contributed by atoms with Gasteiger partial charge in [-0.25, -0.2) is 0 Å². The van der Waals surface area contributed by atoms with Crippen LogP contribution in [0.5, 0.6) is 5.75 Å². The fourth-order valence-corrected chi connectivity index (χ4v) is 2.72. The Kier molecular flexibility index (Phi) is 7.04. The van der Waals surface area contributed by atoms with Crippen LogP contribution in [-0.2, 0) is 9.59 Å². The van der Waals surface area contributed by atoms with E-state index in [1.54, 1.807) is 24.3 Å². The van der Waals surface area contributed by atoms with Gasteiger partial charge in [0.25, 0.3) is 5.91 Å². The molecule has 26 heavy (non-hydrogen) atoms. The Morgan fingerprint density at radius 2 is 1.77 bits per heavy atom. The first-order valence-corrected chi connectivity index (χ1v) is 8.73. The lowest BCUT2D eigenvalue weighted by molar-refractivity contribution is -0.137. The molecule has 0 aliphatic carbocycles. The number of rotatable bonds is 8. The molecule has 1 unspecified atom stereocenters. The summed E-state index contributed by atoms with van der Waals surface area (Å²) < 4.78 is 5.64. The van der Waals surface area contributed by atoms with Gasteiger partial charge in [-0.3, -0.25) is 9.59 Å². The topological polar surface area (TPSA) is 75.6 Å². The van der Waals surface area contributed by atoms with E-state index in [4.69, 9.17) is 21.4 Å². The van der Waals surface area contributed by atoms with Crippen LogP contribution in [0.15, 0.2) is 48.5 Å². The van der Waals surface area contributed by atoms with Gasteiger partial charge in [0.1, 0.15) is 5.75 Å². The summed E-state index contributed by atoms with van der Waals surface area (Å²) in [5.41, 5.74) is 1.69. The summed E-state index contributed by atoms with van der Waals surface area (Å²) in [6, 6.07) is 13.6. The van der Waals surface area contributed by atoms with Crippen LogP contribution in [0, 0.1) is 0 Å². The number of hydrogen-bond donors (Lipinski definition) is 2. The van der Waals surface area contributed by atoms with E-state index >= 15 is 0 Å². The minimum absolute atomic E-state index is 0.187. The maximum absolute atomic E-state index is 12.3. The van der Waals surface area contributed by atoms with Gasteiger partial charge in [-0.15, -0.1) is 0 Å². The number of carbonyl (C=O) groups is 2. The van der Waals surface area contributed by atoms with Crippen molar-refractivity contribution in [1.82, 2.24) is 5.32 Å². The van der Waals surface area contributed by atoms with Crippen molar-refractivity contribution in [3.05, 3.63) is 64.7 Å². The second-order valence-corrected chi connectivity index (χ2v) is 6.69. The third-order valence-corrected chi connectivity index (χ3v) is 4.14. The maximum atomic E-state index is 12.3. The number of aliphatic carboxylic acids is 1. The number of para-hydroxylation sites is 1. The normalized spacial score (nSPS) is 11.8. The van der Waals surface area contributed by atoms with Gasteiger partial charge in [-0.2, -0.15) is 0 Å². The van der Waals surface area contributed by atoms with Crippen LogP contribution in [0.3, 0.4) is 0 Å². The van der Waals surface area contributed by atoms with Gasteiger partial charge in [0.2, 0.25) is 0 Å². The van der Waals surface area contributed by atoms with Gasteiger partial charge in [0, 0.05) is 5.02 Å². The highest BCUT2D eigenvalue weighted by Crippen LogP contribution is 2.26. The largest absolute Gasteiger partial charge is 0.483 e. The first kappa shape index (κ1) is 19.8. The van der Waals surface area contributed by atoms with E-state index < -0.39 is 12.0 Å². The summed E-state index contributed by atoms with van der Waals surface area (Å²) in [4.78, 5) is 23.4. The Labute approximate surface area is 157 Å². The van der Waals surface area contributed by atoms with E-state index in [-0.39, 0.29) is 24.9 Å². The van der Waals surface area contributed by atoms with Crippen molar-refractivity contribution < 1.29 is 19.4 Å². The average molecular weight is 376 g/mol. The number of carboxylic acid groups (broad SMARTS) is 1. The van der Waals surface area contributed by atoms with Gasteiger partial charge in [0.05, 0.1) is 12.5 Å². The molecule has 138 valence electrons. The molecule has 1 atom stereocenters. The van der Waals surface area contributed by atoms with Crippen molar-refractivity contribution >= 4 is 23.5 Å². The molecule has 0 spiro atoms. The molecular formula is C20H22ClNO4. The molecule has 0 fully saturated rings. The van der Waals surface area contributed by atoms with Gasteiger partial charge in [0.15, 0.2) is 6.61 Å². The molecule has 2 N–H and O–H groups in total. The number of benzene rings is 2. The van der Waals surface area contributed by atoms with Crippen LogP contribution < -0.4 is 10.1 Å². The molecule has 0 bridgehead atoms. The molecule has 6 heteroatoms. The second-order valence-electron chi connectivity index (χ2n) is 6.25. The molecule has 0 saturated heterocycles. The molecule has 2 rings (SSSR count). The summed E-state index contributed by atoms with van der Waals surface area (Å²) in [5, 5.41) is 12.4. The molecule has 0 heterocycles. The lowest BCUT2D eigenvalue weighted by atomic mass is 10.0. The van der Waals surface area contributed by atoms with Crippen LogP contribution in [-0.4, -0.2) is 23.6 Å². The molecular weight excluding hydrogens is 354 g/mol. The number of carbonyl (C=O) groups excluding carboxylic acids is 1. The van der Waals surface area contributed by atoms with Crippen LogP contribution in [0.1, 0.15) is 43.4 Å². The molecule has 2 aromatic carbocycles. The standard InChI is InChI=1S/C20H22ClNO4/c1-13(2)16-5-3-4-6-18(16)26-12-19(23)22-17(11-20(24)25)14-7-9-15(21)10-8-14/h3-10,13,17H,11-12H2,1-2H3,(H,22,23)(H,24,25). The Balaban J connectivity index is 2.03. The van der Waals surface area contributed by atoms with Crippen molar-refractivity contribution in [3.63, 3.8) is 0 Å². The highest BCUT2D eigenvalue weighted by Gasteiger charge is 2.19. The van der Waals surface area contributed by atoms with Crippen LogP contribution in [0.4, 0.5) is 0 Å².